The molecule has 1 aromatic carbocycles. The first-order valence-corrected chi connectivity index (χ1v) is 6.99. The van der Waals surface area contributed by atoms with Crippen molar-refractivity contribution < 1.29 is 8.78 Å². The number of aryl methyl sites for hydroxylation is 1. The Kier molecular flexibility index (Phi) is 3.91. The zero-order chi connectivity index (χ0) is 15.1. The molecule has 0 saturated carbocycles. The fourth-order valence-corrected chi connectivity index (χ4v) is 2.12. The first-order valence-electron chi connectivity index (χ1n) is 6.20. The summed E-state index contributed by atoms with van der Waals surface area (Å²) in [6, 6.07) is 4.66. The summed E-state index contributed by atoms with van der Waals surface area (Å²) in [6.07, 6.45) is 0. The van der Waals surface area contributed by atoms with Crippen molar-refractivity contribution in [3.05, 3.63) is 45.8 Å². The van der Waals surface area contributed by atoms with Gasteiger partial charge in [0.2, 0.25) is 0 Å². The number of rotatable bonds is 1. The second-order valence-corrected chi connectivity index (χ2v) is 6.52. The molecule has 0 aliphatic carbocycles. The van der Waals surface area contributed by atoms with Crippen molar-refractivity contribution in [2.75, 3.05) is 0 Å². The molecule has 0 atom stereocenters. The van der Waals surface area contributed by atoms with Crippen LogP contribution >= 0.6 is 15.9 Å². The Balaban J connectivity index is 2.65. The van der Waals surface area contributed by atoms with Gasteiger partial charge in [-0.1, -0.05) is 26.8 Å². The van der Waals surface area contributed by atoms with Gasteiger partial charge in [0.25, 0.3) is 0 Å². The fraction of sp³-hybridized carbons (Fsp3) is 0.333. The smallest absolute Gasteiger partial charge is 0.168 e. The van der Waals surface area contributed by atoms with Crippen LogP contribution in [0.4, 0.5) is 8.78 Å². The lowest BCUT2D eigenvalue weighted by Crippen LogP contribution is -2.16. The quantitative estimate of drug-likeness (QED) is 0.697. The van der Waals surface area contributed by atoms with Crippen molar-refractivity contribution >= 4 is 15.9 Å². The summed E-state index contributed by atoms with van der Waals surface area (Å²) < 4.78 is 28.3. The molecule has 0 fully saturated rings. The van der Waals surface area contributed by atoms with Crippen LogP contribution in [0, 0.1) is 18.6 Å². The molecule has 0 aliphatic heterocycles. The highest BCUT2D eigenvalue weighted by Crippen LogP contribution is 2.29. The normalized spacial score (nSPS) is 11.8. The Morgan fingerprint density at radius 2 is 1.70 bits per heavy atom. The lowest BCUT2D eigenvalue weighted by atomic mass is 9.95. The van der Waals surface area contributed by atoms with Crippen LogP contribution in [0.25, 0.3) is 11.3 Å². The second kappa shape index (κ2) is 5.20. The molecule has 20 heavy (non-hydrogen) atoms. The van der Waals surface area contributed by atoms with Crippen LogP contribution in [-0.2, 0) is 5.41 Å². The Morgan fingerprint density at radius 1 is 1.05 bits per heavy atom. The second-order valence-electron chi connectivity index (χ2n) is 5.71. The number of halogens is 3. The third-order valence-electron chi connectivity index (χ3n) is 2.92. The highest BCUT2D eigenvalue weighted by Gasteiger charge is 2.21. The van der Waals surface area contributed by atoms with Gasteiger partial charge in [0.15, 0.2) is 11.6 Å². The molecule has 1 aromatic heterocycles. The maximum absolute atomic E-state index is 14.1. The number of benzene rings is 1. The molecule has 0 radical (unpaired) electrons. The highest BCUT2D eigenvalue weighted by molar-refractivity contribution is 9.10. The molecule has 2 nitrogen and oxygen atoms in total. The molecule has 5 heteroatoms. The van der Waals surface area contributed by atoms with Gasteiger partial charge < -0.3 is 0 Å². The largest absolute Gasteiger partial charge is 0.232 e. The van der Waals surface area contributed by atoms with Gasteiger partial charge in [0, 0.05) is 11.0 Å². The van der Waals surface area contributed by atoms with Gasteiger partial charge in [-0.2, -0.15) is 0 Å². The van der Waals surface area contributed by atoms with Gasteiger partial charge in [-0.05, 0) is 40.5 Å². The van der Waals surface area contributed by atoms with E-state index < -0.39 is 11.6 Å². The Bertz CT molecular complexity index is 664. The van der Waals surface area contributed by atoms with Gasteiger partial charge in [0.1, 0.15) is 10.4 Å². The maximum atomic E-state index is 14.1. The van der Waals surface area contributed by atoms with Crippen LogP contribution in [0.3, 0.4) is 0 Å². The lowest BCUT2D eigenvalue weighted by Gasteiger charge is -2.18. The number of aromatic nitrogens is 2. The third kappa shape index (κ3) is 2.87. The number of nitrogens with zero attached hydrogens (tertiary/aromatic N) is 2. The summed E-state index contributed by atoms with van der Waals surface area (Å²) in [5.41, 5.74) is 0.503. The van der Waals surface area contributed by atoms with E-state index in [9.17, 15) is 8.78 Å². The topological polar surface area (TPSA) is 25.8 Å². The highest BCUT2D eigenvalue weighted by atomic mass is 79.9. The van der Waals surface area contributed by atoms with Gasteiger partial charge >= 0.3 is 0 Å². The summed E-state index contributed by atoms with van der Waals surface area (Å²) in [5.74, 6) is -1.15. The van der Waals surface area contributed by atoms with Crippen molar-refractivity contribution in [2.24, 2.45) is 0 Å². The molecule has 0 N–H and O–H groups in total. The molecule has 0 unspecified atom stereocenters. The Labute approximate surface area is 125 Å². The van der Waals surface area contributed by atoms with E-state index in [1.807, 2.05) is 20.8 Å². The lowest BCUT2D eigenvalue weighted by molar-refractivity contribution is 0.504. The van der Waals surface area contributed by atoms with E-state index in [0.717, 1.165) is 0 Å². The van der Waals surface area contributed by atoms with Crippen molar-refractivity contribution in [1.82, 2.24) is 9.97 Å². The SMILES string of the molecule is Cc1ccc(-c2cc(Br)nc(C(C)(C)C)n2)c(F)c1F. The molecule has 2 aromatic rings. The maximum Gasteiger partial charge on any atom is 0.168 e. The Hall–Kier alpha value is -1.36. The Morgan fingerprint density at radius 3 is 2.30 bits per heavy atom. The zero-order valence-electron chi connectivity index (χ0n) is 11.8. The minimum absolute atomic E-state index is 0.140. The van der Waals surface area contributed by atoms with Crippen molar-refractivity contribution in [2.45, 2.75) is 33.1 Å². The predicted molar refractivity (Wildman–Crippen MR) is 78.5 cm³/mol. The van der Waals surface area contributed by atoms with Gasteiger partial charge in [-0.15, -0.1) is 0 Å². The van der Waals surface area contributed by atoms with Crippen LogP contribution in [0.5, 0.6) is 0 Å². The van der Waals surface area contributed by atoms with Gasteiger partial charge in [0.05, 0.1) is 5.69 Å². The average Bonchev–Trinajstić information content (AvgIpc) is 2.34. The minimum Gasteiger partial charge on any atom is -0.232 e. The molecule has 0 spiro atoms. The van der Waals surface area contributed by atoms with E-state index in [1.165, 1.54) is 13.0 Å². The van der Waals surface area contributed by atoms with E-state index in [1.54, 1.807) is 12.1 Å². The van der Waals surface area contributed by atoms with Crippen LogP contribution < -0.4 is 0 Å². The molecule has 0 bridgehead atoms. The zero-order valence-corrected chi connectivity index (χ0v) is 13.3. The number of hydrogen-bond donors (Lipinski definition) is 0. The number of hydrogen-bond acceptors (Lipinski definition) is 2. The van der Waals surface area contributed by atoms with E-state index >= 15 is 0 Å². The summed E-state index contributed by atoms with van der Waals surface area (Å²) in [6.45, 7) is 7.42. The first kappa shape index (κ1) is 15.0. The molecule has 0 amide bonds. The molecule has 1 heterocycles. The van der Waals surface area contributed by atoms with Crippen LogP contribution in [-0.4, -0.2) is 9.97 Å². The average molecular weight is 341 g/mol. The van der Waals surface area contributed by atoms with Crippen molar-refractivity contribution in [1.29, 1.82) is 0 Å². The molecule has 0 saturated heterocycles. The molecular formula is C15H15BrF2N2. The van der Waals surface area contributed by atoms with Crippen molar-refractivity contribution in [3.8, 4) is 11.3 Å². The van der Waals surface area contributed by atoms with Crippen LogP contribution in [0.1, 0.15) is 32.2 Å². The van der Waals surface area contributed by atoms with Gasteiger partial charge in [-0.25, -0.2) is 18.7 Å². The summed E-state index contributed by atoms with van der Waals surface area (Å²) in [7, 11) is 0. The third-order valence-corrected chi connectivity index (χ3v) is 3.32. The fourth-order valence-electron chi connectivity index (χ4n) is 1.73. The molecular weight excluding hydrogens is 326 g/mol. The summed E-state index contributed by atoms with van der Waals surface area (Å²) in [4.78, 5) is 8.65. The van der Waals surface area contributed by atoms with Crippen LogP contribution in [0.2, 0.25) is 0 Å². The predicted octanol–water partition coefficient (Wildman–Crippen LogP) is 4.79. The van der Waals surface area contributed by atoms with E-state index in [2.05, 4.69) is 25.9 Å². The molecule has 2 rings (SSSR count). The van der Waals surface area contributed by atoms with Gasteiger partial charge in [-0.3, -0.25) is 0 Å². The summed E-state index contributed by atoms with van der Waals surface area (Å²) >= 11 is 3.29. The van der Waals surface area contributed by atoms with Crippen molar-refractivity contribution in [3.63, 3.8) is 0 Å². The summed E-state index contributed by atoms with van der Waals surface area (Å²) in [5, 5.41) is 0. The molecule has 106 valence electrons. The standard InChI is InChI=1S/C15H15BrF2N2/c1-8-5-6-9(13(18)12(8)17)10-7-11(16)20-14(19-10)15(2,3)4/h5-7H,1-4H3. The van der Waals surface area contributed by atoms with E-state index in [4.69, 9.17) is 0 Å². The molecule has 0 aliphatic rings. The van der Waals surface area contributed by atoms with E-state index in [0.29, 0.717) is 16.1 Å². The monoisotopic (exact) mass is 340 g/mol. The first-order chi connectivity index (χ1) is 9.20. The van der Waals surface area contributed by atoms with Crippen LogP contribution in [0.15, 0.2) is 22.8 Å². The van der Waals surface area contributed by atoms with E-state index in [-0.39, 0.29) is 16.5 Å². The minimum atomic E-state index is -0.879.